The van der Waals surface area contributed by atoms with Crippen molar-refractivity contribution in [1.29, 1.82) is 0 Å². The van der Waals surface area contributed by atoms with E-state index in [0.29, 0.717) is 32.6 Å². The summed E-state index contributed by atoms with van der Waals surface area (Å²) in [5, 5.41) is 20.1. The van der Waals surface area contributed by atoms with E-state index in [9.17, 15) is 10.2 Å². The first-order valence-corrected chi connectivity index (χ1v) is 6.65. The lowest BCUT2D eigenvalue weighted by atomic mass is 9.94. The molecule has 1 atom stereocenters. The van der Waals surface area contributed by atoms with Crippen LogP contribution in [0.25, 0.3) is 0 Å². The van der Waals surface area contributed by atoms with Crippen LogP contribution in [0.1, 0.15) is 31.4 Å². The van der Waals surface area contributed by atoms with Gasteiger partial charge in [0, 0.05) is 45.8 Å². The van der Waals surface area contributed by atoms with E-state index in [4.69, 9.17) is 4.74 Å². The van der Waals surface area contributed by atoms with Crippen molar-refractivity contribution in [3.05, 3.63) is 23.9 Å². The molecule has 1 fully saturated rings. The standard InChI is InChI=1S/C14H22N2O3/c1-11(17)12-3-6-15-13(9-12)16(2)10-14(18)4-7-19-8-5-14/h3,6,9,11,17-18H,4-5,7-8,10H2,1-2H3/t11-/m1/s1. The second kappa shape index (κ2) is 5.86. The minimum absolute atomic E-state index is 0.513. The van der Waals surface area contributed by atoms with Gasteiger partial charge in [-0.15, -0.1) is 0 Å². The second-order valence-corrected chi connectivity index (χ2v) is 5.32. The highest BCUT2D eigenvalue weighted by atomic mass is 16.5. The van der Waals surface area contributed by atoms with E-state index in [1.165, 1.54) is 0 Å². The van der Waals surface area contributed by atoms with Crippen LogP contribution in [-0.2, 0) is 4.74 Å². The van der Waals surface area contributed by atoms with Crippen LogP contribution in [0.4, 0.5) is 5.82 Å². The Kier molecular flexibility index (Phi) is 4.39. The van der Waals surface area contributed by atoms with Gasteiger partial charge in [0.05, 0.1) is 11.7 Å². The number of anilines is 1. The van der Waals surface area contributed by atoms with Crippen LogP contribution in [0.2, 0.25) is 0 Å². The lowest BCUT2D eigenvalue weighted by Gasteiger charge is -2.35. The van der Waals surface area contributed by atoms with Crippen molar-refractivity contribution in [2.75, 3.05) is 31.7 Å². The zero-order chi connectivity index (χ0) is 13.9. The first kappa shape index (κ1) is 14.2. The molecule has 0 spiro atoms. The molecule has 0 amide bonds. The zero-order valence-electron chi connectivity index (χ0n) is 11.5. The summed E-state index contributed by atoms with van der Waals surface area (Å²) in [6, 6.07) is 3.65. The molecule has 19 heavy (non-hydrogen) atoms. The van der Waals surface area contributed by atoms with E-state index < -0.39 is 11.7 Å². The van der Waals surface area contributed by atoms with Crippen molar-refractivity contribution in [1.82, 2.24) is 4.98 Å². The summed E-state index contributed by atoms with van der Waals surface area (Å²) >= 11 is 0. The Bertz CT molecular complexity index is 417. The van der Waals surface area contributed by atoms with Gasteiger partial charge >= 0.3 is 0 Å². The number of hydrogen-bond acceptors (Lipinski definition) is 5. The molecule has 0 aliphatic carbocycles. The summed E-state index contributed by atoms with van der Waals surface area (Å²) in [7, 11) is 1.90. The van der Waals surface area contributed by atoms with Crippen LogP contribution >= 0.6 is 0 Å². The number of aliphatic hydroxyl groups is 2. The topological polar surface area (TPSA) is 65.8 Å². The minimum atomic E-state index is -0.713. The molecule has 2 heterocycles. The van der Waals surface area contributed by atoms with Crippen molar-refractivity contribution in [2.24, 2.45) is 0 Å². The van der Waals surface area contributed by atoms with E-state index in [2.05, 4.69) is 4.98 Å². The van der Waals surface area contributed by atoms with Gasteiger partial charge in [0.25, 0.3) is 0 Å². The monoisotopic (exact) mass is 266 g/mol. The van der Waals surface area contributed by atoms with Crippen molar-refractivity contribution in [2.45, 2.75) is 31.5 Å². The lowest BCUT2D eigenvalue weighted by Crippen LogP contribution is -2.46. The molecule has 1 aliphatic heterocycles. The van der Waals surface area contributed by atoms with Crippen LogP contribution in [0.15, 0.2) is 18.3 Å². The van der Waals surface area contributed by atoms with Crippen LogP contribution < -0.4 is 4.90 Å². The van der Waals surface area contributed by atoms with Crippen molar-refractivity contribution in [3.8, 4) is 0 Å². The predicted molar refractivity (Wildman–Crippen MR) is 73.1 cm³/mol. The van der Waals surface area contributed by atoms with E-state index in [-0.39, 0.29) is 0 Å². The fraction of sp³-hybridized carbons (Fsp3) is 0.643. The number of rotatable bonds is 4. The normalized spacial score (nSPS) is 20.0. The molecule has 0 saturated carbocycles. The molecule has 1 aromatic rings. The van der Waals surface area contributed by atoms with Gasteiger partial charge in [-0.3, -0.25) is 0 Å². The number of likely N-dealkylation sites (N-methyl/N-ethyl adjacent to an activating group) is 1. The van der Waals surface area contributed by atoms with E-state index in [1.807, 2.05) is 18.0 Å². The van der Waals surface area contributed by atoms with E-state index in [1.54, 1.807) is 19.2 Å². The average Bonchev–Trinajstić information content (AvgIpc) is 2.39. The molecule has 1 aliphatic rings. The third-order valence-corrected chi connectivity index (χ3v) is 3.60. The number of nitrogens with zero attached hydrogens (tertiary/aromatic N) is 2. The smallest absolute Gasteiger partial charge is 0.128 e. The Morgan fingerprint density at radius 2 is 2.16 bits per heavy atom. The molecule has 1 aromatic heterocycles. The van der Waals surface area contributed by atoms with Crippen LogP contribution in [-0.4, -0.2) is 47.6 Å². The van der Waals surface area contributed by atoms with E-state index >= 15 is 0 Å². The van der Waals surface area contributed by atoms with Gasteiger partial charge in [0.2, 0.25) is 0 Å². The van der Waals surface area contributed by atoms with Gasteiger partial charge in [0.1, 0.15) is 5.82 Å². The summed E-state index contributed by atoms with van der Waals surface area (Å²) < 4.78 is 5.28. The molecule has 2 N–H and O–H groups in total. The average molecular weight is 266 g/mol. The highest BCUT2D eigenvalue weighted by Gasteiger charge is 2.31. The van der Waals surface area contributed by atoms with Gasteiger partial charge in [-0.2, -0.15) is 0 Å². The number of hydrogen-bond donors (Lipinski definition) is 2. The molecule has 0 bridgehead atoms. The fourth-order valence-corrected chi connectivity index (χ4v) is 2.33. The Morgan fingerprint density at radius 1 is 1.47 bits per heavy atom. The lowest BCUT2D eigenvalue weighted by molar-refractivity contribution is -0.0573. The maximum atomic E-state index is 10.5. The first-order valence-electron chi connectivity index (χ1n) is 6.65. The number of aromatic nitrogens is 1. The van der Waals surface area contributed by atoms with Gasteiger partial charge < -0.3 is 19.8 Å². The predicted octanol–water partition coefficient (Wildman–Crippen LogP) is 1.11. The Labute approximate surface area is 113 Å². The maximum absolute atomic E-state index is 10.5. The van der Waals surface area contributed by atoms with Gasteiger partial charge in [-0.05, 0) is 24.6 Å². The highest BCUT2D eigenvalue weighted by molar-refractivity contribution is 5.41. The number of ether oxygens (including phenoxy) is 1. The second-order valence-electron chi connectivity index (χ2n) is 5.32. The summed E-state index contributed by atoms with van der Waals surface area (Å²) in [5.41, 5.74) is 0.117. The SMILES string of the molecule is C[C@@H](O)c1ccnc(N(C)CC2(O)CCOCC2)c1. The van der Waals surface area contributed by atoms with Crippen LogP contribution in [0.5, 0.6) is 0 Å². The van der Waals surface area contributed by atoms with Crippen molar-refractivity contribution >= 4 is 5.82 Å². The molecule has 5 heteroatoms. The van der Waals surface area contributed by atoms with Gasteiger partial charge in [-0.25, -0.2) is 4.98 Å². The largest absolute Gasteiger partial charge is 0.389 e. The number of aliphatic hydroxyl groups excluding tert-OH is 1. The van der Waals surface area contributed by atoms with Crippen molar-refractivity contribution in [3.63, 3.8) is 0 Å². The minimum Gasteiger partial charge on any atom is -0.389 e. The highest BCUT2D eigenvalue weighted by Crippen LogP contribution is 2.24. The maximum Gasteiger partial charge on any atom is 0.128 e. The number of pyridine rings is 1. The summed E-state index contributed by atoms with van der Waals surface area (Å²) in [6.45, 7) is 3.45. The molecule has 0 unspecified atom stereocenters. The fourth-order valence-electron chi connectivity index (χ4n) is 2.33. The van der Waals surface area contributed by atoms with Gasteiger partial charge in [0.15, 0.2) is 0 Å². The van der Waals surface area contributed by atoms with Crippen LogP contribution in [0, 0.1) is 0 Å². The van der Waals surface area contributed by atoms with Crippen LogP contribution in [0.3, 0.4) is 0 Å². The van der Waals surface area contributed by atoms with Gasteiger partial charge in [-0.1, -0.05) is 0 Å². The quantitative estimate of drug-likeness (QED) is 0.854. The molecule has 2 rings (SSSR count). The van der Waals surface area contributed by atoms with E-state index in [0.717, 1.165) is 11.4 Å². The summed E-state index contributed by atoms with van der Waals surface area (Å²) in [5.74, 6) is 0.762. The Balaban J connectivity index is 2.06. The first-order chi connectivity index (χ1) is 9.00. The molecular weight excluding hydrogens is 244 g/mol. The molecule has 5 nitrogen and oxygen atoms in total. The third kappa shape index (κ3) is 3.65. The Hall–Kier alpha value is -1.17. The summed E-state index contributed by atoms with van der Waals surface area (Å²) in [6.07, 6.45) is 2.46. The van der Waals surface area contributed by atoms with Crippen molar-refractivity contribution < 1.29 is 14.9 Å². The summed E-state index contributed by atoms with van der Waals surface area (Å²) in [4.78, 5) is 6.22. The molecular formula is C14H22N2O3. The molecule has 1 saturated heterocycles. The molecule has 0 radical (unpaired) electrons. The molecule has 0 aromatic carbocycles. The Morgan fingerprint density at radius 3 is 2.79 bits per heavy atom. The zero-order valence-corrected chi connectivity index (χ0v) is 11.5. The third-order valence-electron chi connectivity index (χ3n) is 3.60. The molecule has 106 valence electrons.